The number of rotatable bonds is 2. The van der Waals surface area contributed by atoms with Crippen molar-refractivity contribution in [2.24, 2.45) is 5.41 Å². The van der Waals surface area contributed by atoms with Crippen LogP contribution in [0.1, 0.15) is 33.6 Å². The van der Waals surface area contributed by atoms with Gasteiger partial charge in [0.05, 0.1) is 5.69 Å². The zero-order valence-corrected chi connectivity index (χ0v) is 12.8. The number of hydrogen-bond acceptors (Lipinski definition) is 2. The van der Waals surface area contributed by atoms with Crippen molar-refractivity contribution in [3.63, 3.8) is 0 Å². The van der Waals surface area contributed by atoms with Gasteiger partial charge in [0, 0.05) is 18.6 Å². The molecule has 4 nitrogen and oxygen atoms in total. The lowest BCUT2D eigenvalue weighted by molar-refractivity contribution is 0.0557. The van der Waals surface area contributed by atoms with Gasteiger partial charge in [-0.25, -0.2) is 9.18 Å². The Balaban J connectivity index is 2.11. The molecule has 1 aromatic rings. The summed E-state index contributed by atoms with van der Waals surface area (Å²) >= 11 is 0. The molecule has 1 fully saturated rings. The highest BCUT2D eigenvalue weighted by Gasteiger charge is 2.38. The van der Waals surface area contributed by atoms with Gasteiger partial charge in [-0.2, -0.15) is 0 Å². The van der Waals surface area contributed by atoms with E-state index >= 15 is 0 Å². The molecule has 1 aliphatic rings. The monoisotopic (exact) mass is 294 g/mol. The average Bonchev–Trinajstić information content (AvgIpc) is 2.40. The van der Waals surface area contributed by atoms with Gasteiger partial charge in [-0.05, 0) is 30.4 Å². The summed E-state index contributed by atoms with van der Waals surface area (Å²) < 4.78 is 13.7. The molecule has 5 heteroatoms. The van der Waals surface area contributed by atoms with Crippen molar-refractivity contribution in [3.05, 3.63) is 30.1 Å². The smallest absolute Gasteiger partial charge is 0.407 e. The number of anilines is 1. The molecule has 0 aromatic heterocycles. The highest BCUT2D eigenvalue weighted by Crippen LogP contribution is 2.33. The minimum Gasteiger partial charge on any atom is -0.465 e. The standard InChI is InChI=1S/C16H23FN2O2/c1-16(2,3)14-10-11(8-9-19(14)15(20)21)18-13-7-5-4-6-12(13)17/h4-7,11,14,18H,8-10H2,1-3H3,(H,20,21). The normalized spacial score (nSPS) is 23.0. The number of hydrogen-bond donors (Lipinski definition) is 2. The van der Waals surface area contributed by atoms with Crippen molar-refractivity contribution in [2.75, 3.05) is 11.9 Å². The van der Waals surface area contributed by atoms with Crippen LogP contribution in [0.5, 0.6) is 0 Å². The second kappa shape index (κ2) is 5.92. The molecule has 0 bridgehead atoms. The zero-order valence-electron chi connectivity index (χ0n) is 12.8. The van der Waals surface area contributed by atoms with E-state index in [0.29, 0.717) is 25.1 Å². The number of halogens is 1. The van der Waals surface area contributed by atoms with Crippen LogP contribution in [-0.2, 0) is 0 Å². The predicted octanol–water partition coefficient (Wildman–Crippen LogP) is 3.79. The number of likely N-dealkylation sites (tertiary alicyclic amines) is 1. The highest BCUT2D eigenvalue weighted by atomic mass is 19.1. The fourth-order valence-electron chi connectivity index (χ4n) is 2.94. The zero-order chi connectivity index (χ0) is 15.6. The van der Waals surface area contributed by atoms with Gasteiger partial charge in [0.2, 0.25) is 0 Å². The SMILES string of the molecule is CC(C)(C)C1CC(Nc2ccccc2F)CCN1C(=O)O. The molecule has 1 amide bonds. The maximum Gasteiger partial charge on any atom is 0.407 e. The number of carbonyl (C=O) groups is 1. The lowest BCUT2D eigenvalue weighted by atomic mass is 9.79. The minimum atomic E-state index is -0.876. The van der Waals surface area contributed by atoms with Crippen molar-refractivity contribution in [3.8, 4) is 0 Å². The largest absolute Gasteiger partial charge is 0.465 e. The van der Waals surface area contributed by atoms with E-state index in [9.17, 15) is 14.3 Å². The molecule has 0 spiro atoms. The van der Waals surface area contributed by atoms with Crippen LogP contribution in [0.15, 0.2) is 24.3 Å². The second-order valence-electron chi connectivity index (χ2n) is 6.70. The molecule has 1 aliphatic heterocycles. The Hall–Kier alpha value is -1.78. The second-order valence-corrected chi connectivity index (χ2v) is 6.70. The van der Waals surface area contributed by atoms with E-state index in [1.165, 1.54) is 11.0 Å². The van der Waals surface area contributed by atoms with E-state index in [1.54, 1.807) is 18.2 Å². The van der Waals surface area contributed by atoms with Crippen LogP contribution >= 0.6 is 0 Å². The summed E-state index contributed by atoms with van der Waals surface area (Å²) in [4.78, 5) is 12.9. The number of piperidine rings is 1. The first-order chi connectivity index (χ1) is 9.79. The summed E-state index contributed by atoms with van der Waals surface area (Å²) in [5.74, 6) is -0.273. The first kappa shape index (κ1) is 15.6. The number of benzene rings is 1. The van der Waals surface area contributed by atoms with E-state index in [4.69, 9.17) is 0 Å². The Kier molecular flexibility index (Phi) is 4.40. The van der Waals surface area contributed by atoms with E-state index < -0.39 is 6.09 Å². The lowest BCUT2D eigenvalue weighted by Gasteiger charge is -2.44. The molecule has 1 aromatic carbocycles. The Morgan fingerprint density at radius 3 is 2.62 bits per heavy atom. The Morgan fingerprint density at radius 2 is 2.05 bits per heavy atom. The minimum absolute atomic E-state index is 0.0759. The molecule has 0 aliphatic carbocycles. The van der Waals surface area contributed by atoms with Crippen molar-refractivity contribution < 1.29 is 14.3 Å². The van der Waals surface area contributed by atoms with Gasteiger partial charge in [-0.1, -0.05) is 32.9 Å². The molecule has 2 N–H and O–H groups in total. The summed E-state index contributed by atoms with van der Waals surface area (Å²) in [7, 11) is 0. The predicted molar refractivity (Wildman–Crippen MR) is 81.0 cm³/mol. The molecule has 21 heavy (non-hydrogen) atoms. The highest BCUT2D eigenvalue weighted by molar-refractivity contribution is 5.65. The van der Waals surface area contributed by atoms with Crippen molar-refractivity contribution in [1.29, 1.82) is 0 Å². The third-order valence-electron chi connectivity index (χ3n) is 4.08. The Labute approximate surface area is 125 Å². The van der Waals surface area contributed by atoms with Gasteiger partial charge >= 0.3 is 6.09 Å². The van der Waals surface area contributed by atoms with Crippen molar-refractivity contribution in [1.82, 2.24) is 4.90 Å². The molecule has 1 saturated heterocycles. The van der Waals surface area contributed by atoms with Gasteiger partial charge < -0.3 is 15.3 Å². The molecule has 2 rings (SSSR count). The maximum atomic E-state index is 13.7. The third kappa shape index (κ3) is 3.65. The number of carboxylic acid groups (broad SMARTS) is 1. The number of nitrogens with zero attached hydrogens (tertiary/aromatic N) is 1. The number of nitrogens with one attached hydrogen (secondary N) is 1. The third-order valence-corrected chi connectivity index (χ3v) is 4.08. The molecular weight excluding hydrogens is 271 g/mol. The maximum absolute atomic E-state index is 13.7. The van der Waals surface area contributed by atoms with Crippen LogP contribution in [0.25, 0.3) is 0 Å². The molecule has 0 radical (unpaired) electrons. The van der Waals surface area contributed by atoms with Crippen LogP contribution in [0, 0.1) is 11.2 Å². The Morgan fingerprint density at radius 1 is 1.38 bits per heavy atom. The van der Waals surface area contributed by atoms with E-state index in [1.807, 2.05) is 20.8 Å². The van der Waals surface area contributed by atoms with E-state index in [0.717, 1.165) is 0 Å². The quantitative estimate of drug-likeness (QED) is 0.872. The van der Waals surface area contributed by atoms with E-state index in [2.05, 4.69) is 5.32 Å². The summed E-state index contributed by atoms with van der Waals surface area (Å²) in [5.41, 5.74) is 0.340. The number of amides is 1. The first-order valence-corrected chi connectivity index (χ1v) is 7.29. The number of para-hydroxylation sites is 1. The van der Waals surface area contributed by atoms with Gasteiger partial charge in [-0.3, -0.25) is 0 Å². The molecule has 0 saturated carbocycles. The van der Waals surface area contributed by atoms with Crippen molar-refractivity contribution in [2.45, 2.75) is 45.7 Å². The summed E-state index contributed by atoms with van der Waals surface area (Å²) in [5, 5.41) is 12.6. The average molecular weight is 294 g/mol. The fraction of sp³-hybridized carbons (Fsp3) is 0.562. The summed E-state index contributed by atoms with van der Waals surface area (Å²) in [6, 6.07) is 6.60. The Bertz CT molecular complexity index is 513. The molecule has 2 unspecified atom stereocenters. The lowest BCUT2D eigenvalue weighted by Crippen LogP contribution is -2.54. The fourth-order valence-corrected chi connectivity index (χ4v) is 2.94. The van der Waals surface area contributed by atoms with Crippen LogP contribution in [0.3, 0.4) is 0 Å². The van der Waals surface area contributed by atoms with Crippen LogP contribution in [0.2, 0.25) is 0 Å². The molecule has 1 heterocycles. The van der Waals surface area contributed by atoms with Crippen LogP contribution in [-0.4, -0.2) is 34.7 Å². The van der Waals surface area contributed by atoms with Gasteiger partial charge in [-0.15, -0.1) is 0 Å². The molecule has 116 valence electrons. The first-order valence-electron chi connectivity index (χ1n) is 7.29. The molecular formula is C16H23FN2O2. The van der Waals surface area contributed by atoms with Gasteiger partial charge in [0.15, 0.2) is 0 Å². The topological polar surface area (TPSA) is 52.6 Å². The van der Waals surface area contributed by atoms with Crippen molar-refractivity contribution >= 4 is 11.8 Å². The van der Waals surface area contributed by atoms with Crippen LogP contribution in [0.4, 0.5) is 14.9 Å². The summed E-state index contributed by atoms with van der Waals surface area (Å²) in [6.45, 7) is 6.60. The van der Waals surface area contributed by atoms with Gasteiger partial charge in [0.1, 0.15) is 5.82 Å². The van der Waals surface area contributed by atoms with E-state index in [-0.39, 0.29) is 23.3 Å². The van der Waals surface area contributed by atoms with Crippen LogP contribution < -0.4 is 5.32 Å². The summed E-state index contributed by atoms with van der Waals surface area (Å²) in [6.07, 6.45) is 0.497. The molecule has 2 atom stereocenters. The van der Waals surface area contributed by atoms with Gasteiger partial charge in [0.25, 0.3) is 0 Å².